The normalized spacial score (nSPS) is 12.2. The van der Waals surface area contributed by atoms with Gasteiger partial charge in [-0.15, -0.1) is 5.10 Å². The van der Waals surface area contributed by atoms with Gasteiger partial charge in [0, 0.05) is 31.2 Å². The number of amides is 2. The third-order valence-electron chi connectivity index (χ3n) is 5.01. The number of hydrogen-bond acceptors (Lipinski definition) is 7. The number of carbonyl (C=O) groups is 2. The first-order valence-corrected chi connectivity index (χ1v) is 11.5. The van der Waals surface area contributed by atoms with Gasteiger partial charge in [-0.25, -0.2) is 13.9 Å². The van der Waals surface area contributed by atoms with Crippen molar-refractivity contribution in [3.05, 3.63) is 69.9 Å². The minimum absolute atomic E-state index is 0.0265. The molecule has 198 valence electrons. The number of nitrogens with one attached hydrogen (secondary N) is 2. The Hall–Kier alpha value is -4.16. The molecule has 0 fully saturated rings. The molecule has 13 heteroatoms. The highest BCUT2D eigenvalue weighted by molar-refractivity contribution is 5.91. The van der Waals surface area contributed by atoms with E-state index in [1.54, 1.807) is 27.0 Å². The average molecular weight is 518 g/mol. The van der Waals surface area contributed by atoms with Crippen LogP contribution in [0.3, 0.4) is 0 Å². The molecule has 11 nitrogen and oxygen atoms in total. The lowest BCUT2D eigenvalue weighted by molar-refractivity contribution is 0.0635. The van der Waals surface area contributed by atoms with E-state index in [0.29, 0.717) is 0 Å². The molecule has 3 aromatic rings. The summed E-state index contributed by atoms with van der Waals surface area (Å²) in [5.74, 6) is -1.65. The quantitative estimate of drug-likeness (QED) is 0.446. The summed E-state index contributed by atoms with van der Waals surface area (Å²) in [4.78, 5) is 40.5. The third-order valence-corrected chi connectivity index (χ3v) is 5.01. The zero-order valence-electron chi connectivity index (χ0n) is 21.0. The van der Waals surface area contributed by atoms with Gasteiger partial charge in [0.15, 0.2) is 5.69 Å². The Bertz CT molecular complexity index is 1300. The summed E-state index contributed by atoms with van der Waals surface area (Å²) in [5.41, 5.74) is -0.432. The van der Waals surface area contributed by atoms with Crippen molar-refractivity contribution in [2.45, 2.75) is 65.5 Å². The van der Waals surface area contributed by atoms with E-state index in [-0.39, 0.29) is 37.4 Å². The van der Waals surface area contributed by atoms with Crippen molar-refractivity contribution in [2.75, 3.05) is 5.32 Å². The van der Waals surface area contributed by atoms with Gasteiger partial charge in [0.2, 0.25) is 5.82 Å². The topological polar surface area (TPSA) is 133 Å². The van der Waals surface area contributed by atoms with Crippen molar-refractivity contribution >= 4 is 17.7 Å². The zero-order valence-corrected chi connectivity index (χ0v) is 21.0. The van der Waals surface area contributed by atoms with Crippen LogP contribution in [0.5, 0.6) is 0 Å². The number of alkyl halides is 1. The summed E-state index contributed by atoms with van der Waals surface area (Å²) in [6.45, 7) is 6.73. The van der Waals surface area contributed by atoms with Gasteiger partial charge in [0.25, 0.3) is 11.5 Å². The van der Waals surface area contributed by atoms with Crippen LogP contribution in [0.15, 0.2) is 41.6 Å². The second kappa shape index (κ2) is 11.7. The van der Waals surface area contributed by atoms with Crippen LogP contribution in [0.25, 0.3) is 0 Å². The van der Waals surface area contributed by atoms with E-state index < -0.39 is 35.1 Å². The molecule has 37 heavy (non-hydrogen) atoms. The summed E-state index contributed by atoms with van der Waals surface area (Å²) in [5, 5.41) is 12.4. The number of anilines is 1. The first-order chi connectivity index (χ1) is 17.4. The minimum Gasteiger partial charge on any atom is -0.444 e. The maximum Gasteiger partial charge on any atom is 0.412 e. The maximum atomic E-state index is 14.5. The molecule has 1 atom stereocenters. The van der Waals surface area contributed by atoms with Crippen molar-refractivity contribution in [2.24, 2.45) is 0 Å². The standard InChI is InChI=1S/C24H29F2N7O4/c1-15-5-6-16(11-27-15)12-28-21(34)19-14-33(31-30-19)13-17(25)7-9-32-10-8-18(20(26)22(32)35)29-23(36)37-24(2,3)4/h5-6,8,10-11,14,17H,7,9,12-13H2,1-4H3,(H,28,34)(H,29,36). The molecule has 2 N–H and O–H groups in total. The molecule has 3 aromatic heterocycles. The van der Waals surface area contributed by atoms with Gasteiger partial charge in [0.05, 0.1) is 18.4 Å². The van der Waals surface area contributed by atoms with E-state index >= 15 is 0 Å². The van der Waals surface area contributed by atoms with Crippen LogP contribution in [0, 0.1) is 12.7 Å². The lowest BCUT2D eigenvalue weighted by Gasteiger charge is -2.20. The Labute approximate surface area is 211 Å². The van der Waals surface area contributed by atoms with E-state index in [4.69, 9.17) is 4.74 Å². The molecule has 0 aliphatic rings. The van der Waals surface area contributed by atoms with Gasteiger partial charge < -0.3 is 14.6 Å². The molecule has 3 heterocycles. The van der Waals surface area contributed by atoms with Crippen molar-refractivity contribution in [1.82, 2.24) is 29.9 Å². The van der Waals surface area contributed by atoms with Crippen LogP contribution >= 0.6 is 0 Å². The molecule has 0 spiro atoms. The van der Waals surface area contributed by atoms with E-state index in [0.717, 1.165) is 15.8 Å². The molecule has 1 unspecified atom stereocenters. The van der Waals surface area contributed by atoms with Gasteiger partial charge in [-0.05, 0) is 51.8 Å². The Balaban J connectivity index is 1.50. The minimum atomic E-state index is -1.45. The monoisotopic (exact) mass is 517 g/mol. The summed E-state index contributed by atoms with van der Waals surface area (Å²) >= 11 is 0. The molecule has 0 aromatic carbocycles. The first-order valence-electron chi connectivity index (χ1n) is 11.5. The number of nitrogens with zero attached hydrogens (tertiary/aromatic N) is 5. The average Bonchev–Trinajstić information content (AvgIpc) is 3.28. The summed E-state index contributed by atoms with van der Waals surface area (Å²) < 4.78 is 36.2. The van der Waals surface area contributed by atoms with E-state index in [2.05, 4.69) is 25.9 Å². The number of carbonyl (C=O) groups excluding carboxylic acids is 2. The van der Waals surface area contributed by atoms with E-state index in [1.165, 1.54) is 23.1 Å². The van der Waals surface area contributed by atoms with Crippen molar-refractivity contribution in [3.63, 3.8) is 0 Å². The highest BCUT2D eigenvalue weighted by atomic mass is 19.1. The van der Waals surface area contributed by atoms with Gasteiger partial charge in [-0.1, -0.05) is 11.3 Å². The maximum absolute atomic E-state index is 14.5. The predicted molar refractivity (Wildman–Crippen MR) is 130 cm³/mol. The first kappa shape index (κ1) is 27.4. The Morgan fingerprint density at radius 3 is 2.65 bits per heavy atom. The molecule has 2 amide bonds. The fourth-order valence-electron chi connectivity index (χ4n) is 3.17. The van der Waals surface area contributed by atoms with Gasteiger partial charge in [-0.2, -0.15) is 4.39 Å². The number of halogens is 2. The van der Waals surface area contributed by atoms with Crippen molar-refractivity contribution in [3.8, 4) is 0 Å². The largest absolute Gasteiger partial charge is 0.444 e. The summed E-state index contributed by atoms with van der Waals surface area (Å²) in [6, 6.07) is 4.87. The van der Waals surface area contributed by atoms with E-state index in [1.807, 2.05) is 19.1 Å². The number of aryl methyl sites for hydroxylation is 2. The Morgan fingerprint density at radius 1 is 1.22 bits per heavy atom. The van der Waals surface area contributed by atoms with Crippen LogP contribution in [0.2, 0.25) is 0 Å². The number of hydrogen-bond donors (Lipinski definition) is 2. The number of pyridine rings is 2. The lowest BCUT2D eigenvalue weighted by atomic mass is 10.2. The van der Waals surface area contributed by atoms with Crippen LogP contribution in [0.4, 0.5) is 19.3 Å². The highest BCUT2D eigenvalue weighted by Gasteiger charge is 2.19. The predicted octanol–water partition coefficient (Wildman–Crippen LogP) is 2.99. The van der Waals surface area contributed by atoms with Crippen LogP contribution in [0.1, 0.15) is 48.9 Å². The van der Waals surface area contributed by atoms with Gasteiger partial charge in [0.1, 0.15) is 11.8 Å². The zero-order chi connectivity index (χ0) is 27.2. The fourth-order valence-corrected chi connectivity index (χ4v) is 3.17. The molecule has 0 saturated carbocycles. The Morgan fingerprint density at radius 2 is 1.97 bits per heavy atom. The second-order valence-electron chi connectivity index (χ2n) is 9.37. The molecule has 0 aliphatic heterocycles. The van der Waals surface area contributed by atoms with Crippen LogP contribution < -0.4 is 16.2 Å². The molecular weight excluding hydrogens is 488 g/mol. The van der Waals surface area contributed by atoms with Crippen molar-refractivity contribution in [1.29, 1.82) is 0 Å². The number of ether oxygens (including phenoxy) is 1. The van der Waals surface area contributed by atoms with E-state index in [9.17, 15) is 23.2 Å². The Kier molecular flexibility index (Phi) is 8.69. The lowest BCUT2D eigenvalue weighted by Crippen LogP contribution is -2.30. The highest BCUT2D eigenvalue weighted by Crippen LogP contribution is 2.14. The second-order valence-corrected chi connectivity index (χ2v) is 9.37. The number of rotatable bonds is 9. The van der Waals surface area contributed by atoms with Crippen LogP contribution in [-0.2, 0) is 24.4 Å². The smallest absolute Gasteiger partial charge is 0.412 e. The molecule has 3 rings (SSSR count). The van der Waals surface area contributed by atoms with Gasteiger partial charge >= 0.3 is 6.09 Å². The molecule has 0 radical (unpaired) electrons. The summed E-state index contributed by atoms with van der Waals surface area (Å²) in [7, 11) is 0. The third kappa shape index (κ3) is 8.19. The van der Waals surface area contributed by atoms with Crippen LogP contribution in [-0.4, -0.2) is 48.3 Å². The number of aromatic nitrogens is 5. The molecule has 0 bridgehead atoms. The molecule has 0 saturated heterocycles. The fraction of sp³-hybridized carbons (Fsp3) is 0.417. The van der Waals surface area contributed by atoms with Crippen molar-refractivity contribution < 1.29 is 23.1 Å². The SMILES string of the molecule is Cc1ccc(CNC(=O)c2cn(CC(F)CCn3ccc(NC(=O)OC(C)(C)C)c(F)c3=O)nn2)cn1. The molecule has 0 aliphatic carbocycles. The van der Waals surface area contributed by atoms with Gasteiger partial charge in [-0.3, -0.25) is 19.9 Å². The summed E-state index contributed by atoms with van der Waals surface area (Å²) in [6.07, 6.45) is 1.75. The molecular formula is C24H29F2N7O4.